The van der Waals surface area contributed by atoms with E-state index in [-0.39, 0.29) is 0 Å². The van der Waals surface area contributed by atoms with Gasteiger partial charge in [0.25, 0.3) is 0 Å². The molecule has 1 unspecified atom stereocenters. The lowest BCUT2D eigenvalue weighted by molar-refractivity contribution is 0.735. The van der Waals surface area contributed by atoms with E-state index < -0.39 is 0 Å². The van der Waals surface area contributed by atoms with Crippen LogP contribution in [0.3, 0.4) is 0 Å². The number of rotatable bonds is 4. The molecule has 0 aliphatic carbocycles. The van der Waals surface area contributed by atoms with Gasteiger partial charge >= 0.3 is 0 Å². The predicted molar refractivity (Wildman–Crippen MR) is 74.2 cm³/mol. The monoisotopic (exact) mass is 230 g/mol. The minimum Gasteiger partial charge on any atom is -0.371 e. The van der Waals surface area contributed by atoms with Gasteiger partial charge in [0.1, 0.15) is 0 Å². The molecular formula is C15H22N2. The number of hydrogen-bond acceptors (Lipinski definition) is 2. The van der Waals surface area contributed by atoms with Crippen LogP contribution in [0.2, 0.25) is 0 Å². The fourth-order valence-electron chi connectivity index (χ4n) is 2.40. The Bertz CT molecular complexity index is 392. The Kier molecular flexibility index (Phi) is 3.82. The lowest BCUT2D eigenvalue weighted by atomic mass is 9.95. The van der Waals surface area contributed by atoms with E-state index in [2.05, 4.69) is 36.9 Å². The summed E-state index contributed by atoms with van der Waals surface area (Å²) in [4.78, 5) is 2.42. The normalized spacial score (nSPS) is 17.2. The SMILES string of the molecule is CCC(C)C(=N)c1ccccc1N1CCCC1. The number of nitrogens with one attached hydrogen (secondary N) is 1. The van der Waals surface area contributed by atoms with Crippen LogP contribution in [0.5, 0.6) is 0 Å². The van der Waals surface area contributed by atoms with Crippen molar-refractivity contribution in [3.63, 3.8) is 0 Å². The molecule has 2 heteroatoms. The average Bonchev–Trinajstić information content (AvgIpc) is 2.90. The molecule has 1 aromatic rings. The first kappa shape index (κ1) is 12.2. The Morgan fingerprint density at radius 1 is 1.29 bits per heavy atom. The molecule has 2 rings (SSSR count). The predicted octanol–water partition coefficient (Wildman–Crippen LogP) is 3.70. The highest BCUT2D eigenvalue weighted by molar-refractivity contribution is 6.04. The van der Waals surface area contributed by atoms with Crippen molar-refractivity contribution in [3.8, 4) is 0 Å². The smallest absolute Gasteiger partial charge is 0.0458 e. The third kappa shape index (κ3) is 2.51. The summed E-state index contributed by atoms with van der Waals surface area (Å²) in [5.74, 6) is 0.346. The maximum Gasteiger partial charge on any atom is 0.0458 e. The Hall–Kier alpha value is -1.31. The van der Waals surface area contributed by atoms with Gasteiger partial charge in [0.2, 0.25) is 0 Å². The van der Waals surface area contributed by atoms with Crippen LogP contribution in [0.4, 0.5) is 5.69 Å². The maximum absolute atomic E-state index is 8.31. The summed E-state index contributed by atoms with van der Waals surface area (Å²) < 4.78 is 0. The molecule has 0 radical (unpaired) electrons. The summed E-state index contributed by atoms with van der Waals surface area (Å²) in [7, 11) is 0. The van der Waals surface area contributed by atoms with E-state index in [1.54, 1.807) is 0 Å². The third-order valence-corrected chi connectivity index (χ3v) is 3.75. The van der Waals surface area contributed by atoms with E-state index in [1.807, 2.05) is 6.07 Å². The molecule has 2 nitrogen and oxygen atoms in total. The van der Waals surface area contributed by atoms with E-state index in [9.17, 15) is 0 Å². The van der Waals surface area contributed by atoms with Crippen LogP contribution in [0.15, 0.2) is 24.3 Å². The minimum absolute atomic E-state index is 0.346. The summed E-state index contributed by atoms with van der Waals surface area (Å²) in [6.45, 7) is 6.58. The molecule has 0 aromatic heterocycles. The molecule has 0 bridgehead atoms. The molecule has 0 spiro atoms. The van der Waals surface area contributed by atoms with Gasteiger partial charge in [-0.1, -0.05) is 32.0 Å². The lowest BCUT2D eigenvalue weighted by Gasteiger charge is -2.23. The molecule has 0 saturated carbocycles. The highest BCUT2D eigenvalue weighted by Crippen LogP contribution is 2.26. The van der Waals surface area contributed by atoms with Crippen LogP contribution in [-0.4, -0.2) is 18.8 Å². The van der Waals surface area contributed by atoms with Gasteiger partial charge in [0, 0.05) is 30.1 Å². The van der Waals surface area contributed by atoms with Crippen molar-refractivity contribution in [2.24, 2.45) is 5.92 Å². The Morgan fingerprint density at radius 3 is 2.59 bits per heavy atom. The second kappa shape index (κ2) is 5.35. The molecule has 1 aliphatic heterocycles. The largest absolute Gasteiger partial charge is 0.371 e. The van der Waals surface area contributed by atoms with Crippen molar-refractivity contribution in [2.45, 2.75) is 33.1 Å². The van der Waals surface area contributed by atoms with Crippen LogP contribution < -0.4 is 4.90 Å². The second-order valence-electron chi connectivity index (χ2n) is 4.93. The zero-order valence-electron chi connectivity index (χ0n) is 10.9. The summed E-state index contributed by atoms with van der Waals surface area (Å²) in [5, 5.41) is 8.31. The van der Waals surface area contributed by atoms with E-state index >= 15 is 0 Å². The number of benzene rings is 1. The van der Waals surface area contributed by atoms with Crippen LogP contribution in [-0.2, 0) is 0 Å². The molecule has 1 heterocycles. The zero-order chi connectivity index (χ0) is 12.3. The van der Waals surface area contributed by atoms with E-state index in [4.69, 9.17) is 5.41 Å². The van der Waals surface area contributed by atoms with Crippen molar-refractivity contribution in [2.75, 3.05) is 18.0 Å². The van der Waals surface area contributed by atoms with Crippen LogP contribution in [0, 0.1) is 11.3 Å². The van der Waals surface area contributed by atoms with Crippen molar-refractivity contribution in [3.05, 3.63) is 29.8 Å². The van der Waals surface area contributed by atoms with Gasteiger partial charge in [0.05, 0.1) is 0 Å². The number of anilines is 1. The Balaban J connectivity index is 2.29. The van der Waals surface area contributed by atoms with Crippen LogP contribution in [0.1, 0.15) is 38.7 Å². The molecule has 1 fully saturated rings. The molecule has 1 aromatic carbocycles. The zero-order valence-corrected chi connectivity index (χ0v) is 10.9. The first-order valence-corrected chi connectivity index (χ1v) is 6.66. The highest BCUT2D eigenvalue weighted by atomic mass is 15.1. The Morgan fingerprint density at radius 2 is 1.94 bits per heavy atom. The molecular weight excluding hydrogens is 208 g/mol. The van der Waals surface area contributed by atoms with E-state index in [0.717, 1.165) is 30.8 Å². The van der Waals surface area contributed by atoms with Gasteiger partial charge in [-0.15, -0.1) is 0 Å². The van der Waals surface area contributed by atoms with Gasteiger partial charge < -0.3 is 10.3 Å². The van der Waals surface area contributed by atoms with Gasteiger partial charge in [-0.25, -0.2) is 0 Å². The van der Waals surface area contributed by atoms with Crippen LogP contribution in [0.25, 0.3) is 0 Å². The Labute approximate surface area is 104 Å². The standard InChI is InChI=1S/C15H22N2/c1-3-12(2)15(16)13-8-4-5-9-14(13)17-10-6-7-11-17/h4-5,8-9,12,16H,3,6-7,10-11H2,1-2H3. The van der Waals surface area contributed by atoms with Crippen molar-refractivity contribution < 1.29 is 0 Å². The van der Waals surface area contributed by atoms with Gasteiger partial charge in [-0.3, -0.25) is 0 Å². The molecule has 17 heavy (non-hydrogen) atoms. The average molecular weight is 230 g/mol. The molecule has 0 amide bonds. The van der Waals surface area contributed by atoms with Gasteiger partial charge in [0.15, 0.2) is 0 Å². The topological polar surface area (TPSA) is 27.1 Å². The number of nitrogens with zero attached hydrogens (tertiary/aromatic N) is 1. The summed E-state index contributed by atoms with van der Waals surface area (Å²) >= 11 is 0. The van der Waals surface area contributed by atoms with Crippen molar-refractivity contribution in [1.29, 1.82) is 5.41 Å². The molecule has 1 atom stereocenters. The minimum atomic E-state index is 0.346. The van der Waals surface area contributed by atoms with Gasteiger partial charge in [-0.2, -0.15) is 0 Å². The number of hydrogen-bond donors (Lipinski definition) is 1. The molecule has 92 valence electrons. The van der Waals surface area contributed by atoms with Crippen molar-refractivity contribution in [1.82, 2.24) is 0 Å². The fourth-order valence-corrected chi connectivity index (χ4v) is 2.40. The third-order valence-electron chi connectivity index (χ3n) is 3.75. The summed E-state index contributed by atoms with van der Waals surface area (Å²) in [6.07, 6.45) is 3.60. The fraction of sp³-hybridized carbons (Fsp3) is 0.533. The number of para-hydroxylation sites is 1. The lowest BCUT2D eigenvalue weighted by Crippen LogP contribution is -2.22. The first-order valence-electron chi connectivity index (χ1n) is 6.66. The van der Waals surface area contributed by atoms with E-state index in [1.165, 1.54) is 18.5 Å². The summed E-state index contributed by atoms with van der Waals surface area (Å²) in [6, 6.07) is 8.40. The second-order valence-corrected chi connectivity index (χ2v) is 4.93. The molecule has 1 N–H and O–H groups in total. The molecule has 1 saturated heterocycles. The molecule has 1 aliphatic rings. The quantitative estimate of drug-likeness (QED) is 0.784. The van der Waals surface area contributed by atoms with Crippen molar-refractivity contribution >= 4 is 11.4 Å². The first-order chi connectivity index (χ1) is 8.24. The van der Waals surface area contributed by atoms with Crippen LogP contribution >= 0.6 is 0 Å². The van der Waals surface area contributed by atoms with Gasteiger partial charge in [-0.05, 0) is 31.2 Å². The highest BCUT2D eigenvalue weighted by Gasteiger charge is 2.19. The van der Waals surface area contributed by atoms with E-state index in [0.29, 0.717) is 5.92 Å². The summed E-state index contributed by atoms with van der Waals surface area (Å²) in [5.41, 5.74) is 3.18. The maximum atomic E-state index is 8.31.